The van der Waals surface area contributed by atoms with Crippen LogP contribution < -0.4 is 16.2 Å². The van der Waals surface area contributed by atoms with Crippen LogP contribution >= 0.6 is 12.4 Å². The molecule has 8 nitrogen and oxygen atoms in total. The lowest BCUT2D eigenvalue weighted by Gasteiger charge is -2.23. The monoisotopic (exact) mass is 378 g/mol. The quantitative estimate of drug-likeness (QED) is 0.609. The van der Waals surface area contributed by atoms with E-state index in [9.17, 15) is 19.7 Å². The molecule has 0 unspecified atom stereocenters. The number of carbonyl (C=O) groups excluding carboxylic acids is 2. The Morgan fingerprint density at radius 3 is 2.23 bits per heavy atom. The molecule has 0 spiro atoms. The molecule has 26 heavy (non-hydrogen) atoms. The van der Waals surface area contributed by atoms with Gasteiger partial charge in [-0.1, -0.05) is 30.3 Å². The highest BCUT2D eigenvalue weighted by Crippen LogP contribution is 2.14. The van der Waals surface area contributed by atoms with Gasteiger partial charge in [-0.2, -0.15) is 0 Å². The average molecular weight is 379 g/mol. The molecule has 0 bridgehead atoms. The van der Waals surface area contributed by atoms with Crippen molar-refractivity contribution < 1.29 is 14.5 Å². The molecule has 3 N–H and O–H groups in total. The van der Waals surface area contributed by atoms with E-state index in [1.807, 2.05) is 0 Å². The lowest BCUT2D eigenvalue weighted by Crippen LogP contribution is -2.52. The van der Waals surface area contributed by atoms with E-state index in [1.165, 1.54) is 19.1 Å². The molecule has 1 atom stereocenters. The van der Waals surface area contributed by atoms with Crippen molar-refractivity contribution in [2.24, 2.45) is 5.73 Å². The van der Waals surface area contributed by atoms with Gasteiger partial charge in [-0.05, 0) is 24.1 Å². The molecule has 0 aliphatic rings. The Labute approximate surface area is 156 Å². The maximum absolute atomic E-state index is 12.3. The summed E-state index contributed by atoms with van der Waals surface area (Å²) in [7, 11) is 0. The molecule has 0 fully saturated rings. The Hall–Kier alpha value is -2.97. The van der Waals surface area contributed by atoms with Gasteiger partial charge in [0.15, 0.2) is 0 Å². The third-order valence-electron chi connectivity index (χ3n) is 3.49. The molecule has 2 aromatic carbocycles. The number of hydrazine groups is 1. The number of para-hydroxylation sites is 1. The van der Waals surface area contributed by atoms with Crippen LogP contribution in [0.15, 0.2) is 54.6 Å². The highest BCUT2D eigenvalue weighted by Gasteiger charge is 2.20. The van der Waals surface area contributed by atoms with Crippen molar-refractivity contribution in [2.45, 2.75) is 19.4 Å². The lowest BCUT2D eigenvalue weighted by molar-refractivity contribution is -0.384. The number of halogens is 1. The van der Waals surface area contributed by atoms with E-state index in [2.05, 4.69) is 5.43 Å². The van der Waals surface area contributed by atoms with Crippen LogP contribution in [-0.2, 0) is 16.0 Å². The van der Waals surface area contributed by atoms with Gasteiger partial charge in [0, 0.05) is 19.1 Å². The van der Waals surface area contributed by atoms with E-state index in [-0.39, 0.29) is 30.4 Å². The van der Waals surface area contributed by atoms with Crippen LogP contribution in [0.25, 0.3) is 0 Å². The third-order valence-corrected chi connectivity index (χ3v) is 3.49. The topological polar surface area (TPSA) is 119 Å². The van der Waals surface area contributed by atoms with Crippen LogP contribution in [0.4, 0.5) is 11.4 Å². The summed E-state index contributed by atoms with van der Waals surface area (Å²) in [6.45, 7) is 1.33. The first-order valence-corrected chi connectivity index (χ1v) is 7.53. The van der Waals surface area contributed by atoms with Gasteiger partial charge in [0.2, 0.25) is 5.91 Å². The summed E-state index contributed by atoms with van der Waals surface area (Å²) in [6.07, 6.45) is 0.185. The number of nitrogens with zero attached hydrogens (tertiary/aromatic N) is 2. The van der Waals surface area contributed by atoms with Gasteiger partial charge < -0.3 is 5.73 Å². The van der Waals surface area contributed by atoms with Gasteiger partial charge in [-0.15, -0.1) is 12.4 Å². The minimum Gasteiger partial charge on any atom is -0.320 e. The average Bonchev–Trinajstić information content (AvgIpc) is 2.60. The number of amides is 2. The van der Waals surface area contributed by atoms with Crippen molar-refractivity contribution in [2.75, 3.05) is 5.01 Å². The van der Waals surface area contributed by atoms with Crippen molar-refractivity contribution in [3.05, 3.63) is 70.3 Å². The summed E-state index contributed by atoms with van der Waals surface area (Å²) >= 11 is 0. The fourth-order valence-electron chi connectivity index (χ4n) is 2.20. The Morgan fingerprint density at radius 2 is 1.73 bits per heavy atom. The Balaban J connectivity index is 0.00000338. The number of hydrogen-bond donors (Lipinski definition) is 2. The molecule has 0 radical (unpaired) electrons. The molecule has 2 rings (SSSR count). The van der Waals surface area contributed by atoms with Gasteiger partial charge in [-0.25, -0.2) is 5.01 Å². The van der Waals surface area contributed by atoms with E-state index in [1.54, 1.807) is 42.5 Å². The fraction of sp³-hybridized carbons (Fsp3) is 0.176. The molecule has 2 amide bonds. The number of non-ortho nitro benzene ring substituents is 1. The van der Waals surface area contributed by atoms with E-state index in [4.69, 9.17) is 5.73 Å². The highest BCUT2D eigenvalue weighted by molar-refractivity contribution is 5.96. The normalized spacial score (nSPS) is 11.0. The molecule has 9 heteroatoms. The second-order valence-corrected chi connectivity index (χ2v) is 5.40. The second-order valence-electron chi connectivity index (χ2n) is 5.40. The fourth-order valence-corrected chi connectivity index (χ4v) is 2.20. The smallest absolute Gasteiger partial charge is 0.269 e. The maximum atomic E-state index is 12.3. The molecular formula is C17H19ClN4O4. The van der Waals surface area contributed by atoms with E-state index < -0.39 is 16.9 Å². The summed E-state index contributed by atoms with van der Waals surface area (Å²) in [6, 6.07) is 13.5. The number of rotatable bonds is 5. The molecule has 0 aromatic heterocycles. The molecule has 138 valence electrons. The Bertz CT molecular complexity index is 768. The first-order chi connectivity index (χ1) is 11.9. The summed E-state index contributed by atoms with van der Waals surface area (Å²) < 4.78 is 0. The van der Waals surface area contributed by atoms with Gasteiger partial charge in [-0.3, -0.25) is 25.1 Å². The van der Waals surface area contributed by atoms with Crippen molar-refractivity contribution in [3.63, 3.8) is 0 Å². The number of nitrogens with two attached hydrogens (primary N) is 1. The van der Waals surface area contributed by atoms with E-state index in [0.29, 0.717) is 11.3 Å². The summed E-state index contributed by atoms with van der Waals surface area (Å²) in [5.74, 6) is -0.889. The van der Waals surface area contributed by atoms with Gasteiger partial charge in [0.25, 0.3) is 11.6 Å². The summed E-state index contributed by atoms with van der Waals surface area (Å²) in [5.41, 5.74) is 9.55. The minimum absolute atomic E-state index is 0. The molecule has 0 aliphatic carbocycles. The maximum Gasteiger partial charge on any atom is 0.269 e. The standard InChI is InChI=1S/C17H18N4O4.ClH/c1-12(22)20(14-5-3-2-4-6-14)19-17(23)16(18)11-13-7-9-15(10-8-13)21(24)25;/h2-10,16H,11,18H2,1H3,(H,19,23);1H/t16-;/m0./s1. The van der Waals surface area contributed by atoms with Gasteiger partial charge >= 0.3 is 0 Å². The van der Waals surface area contributed by atoms with Crippen LogP contribution in [0, 0.1) is 10.1 Å². The number of nitro groups is 1. The SMILES string of the molecule is CC(=O)N(NC(=O)[C@@H](N)Cc1ccc([N+](=O)[O-])cc1)c1ccccc1.Cl. The van der Waals surface area contributed by atoms with Crippen LogP contribution in [0.5, 0.6) is 0 Å². The van der Waals surface area contributed by atoms with Crippen molar-refractivity contribution in [1.29, 1.82) is 0 Å². The number of nitro benzene ring substituents is 1. The lowest BCUT2D eigenvalue weighted by atomic mass is 10.1. The molecule has 0 saturated carbocycles. The summed E-state index contributed by atoms with van der Waals surface area (Å²) in [4.78, 5) is 34.2. The van der Waals surface area contributed by atoms with Crippen LogP contribution in [0.2, 0.25) is 0 Å². The molecule has 0 heterocycles. The summed E-state index contributed by atoms with van der Waals surface area (Å²) in [5, 5.41) is 11.8. The molecule has 0 aliphatic heterocycles. The zero-order valence-electron chi connectivity index (χ0n) is 14.0. The van der Waals surface area contributed by atoms with Crippen LogP contribution in [0.3, 0.4) is 0 Å². The second kappa shape index (κ2) is 9.50. The van der Waals surface area contributed by atoms with Crippen molar-refractivity contribution >= 4 is 35.6 Å². The number of benzene rings is 2. The first-order valence-electron chi connectivity index (χ1n) is 7.53. The van der Waals surface area contributed by atoms with Crippen molar-refractivity contribution in [3.8, 4) is 0 Å². The molecular weight excluding hydrogens is 360 g/mol. The number of carbonyl (C=O) groups is 2. The number of hydrogen-bond acceptors (Lipinski definition) is 5. The molecule has 0 saturated heterocycles. The van der Waals surface area contributed by atoms with E-state index >= 15 is 0 Å². The van der Waals surface area contributed by atoms with Crippen LogP contribution in [-0.4, -0.2) is 22.8 Å². The number of anilines is 1. The van der Waals surface area contributed by atoms with Crippen molar-refractivity contribution in [1.82, 2.24) is 5.43 Å². The van der Waals surface area contributed by atoms with Crippen LogP contribution in [0.1, 0.15) is 12.5 Å². The Kier molecular flexibility index (Phi) is 7.70. The first kappa shape index (κ1) is 21.1. The Morgan fingerprint density at radius 1 is 1.15 bits per heavy atom. The van der Waals surface area contributed by atoms with Gasteiger partial charge in [0.05, 0.1) is 16.7 Å². The molecule has 2 aromatic rings. The minimum atomic E-state index is -0.910. The predicted molar refractivity (Wildman–Crippen MR) is 99.8 cm³/mol. The van der Waals surface area contributed by atoms with E-state index in [0.717, 1.165) is 5.01 Å². The predicted octanol–water partition coefficient (Wildman–Crippen LogP) is 1.97. The highest BCUT2D eigenvalue weighted by atomic mass is 35.5. The zero-order chi connectivity index (χ0) is 18.4. The third kappa shape index (κ3) is 5.54. The largest absolute Gasteiger partial charge is 0.320 e. The van der Waals surface area contributed by atoms with Gasteiger partial charge in [0.1, 0.15) is 0 Å². The zero-order valence-corrected chi connectivity index (χ0v) is 14.8. The number of nitrogens with one attached hydrogen (secondary N) is 1.